The van der Waals surface area contributed by atoms with Crippen molar-refractivity contribution >= 4 is 28.8 Å². The zero-order valence-corrected chi connectivity index (χ0v) is 21.3. The van der Waals surface area contributed by atoms with Gasteiger partial charge in [-0.15, -0.1) is 0 Å². The van der Waals surface area contributed by atoms with Crippen LogP contribution in [0.4, 0.5) is 24.5 Å². The van der Waals surface area contributed by atoms with Crippen LogP contribution in [0.5, 0.6) is 5.75 Å². The number of carbonyl (C=O) groups is 2. The first kappa shape index (κ1) is 27.7. The summed E-state index contributed by atoms with van der Waals surface area (Å²) in [5.41, 5.74) is 2.62. The number of amides is 2. The Morgan fingerprint density at radius 2 is 1.79 bits per heavy atom. The predicted molar refractivity (Wildman–Crippen MR) is 143 cm³/mol. The SMILES string of the molecule is CC(C)Oc1cccc(/C(=C/C=C/C(=O)Nc2cccc3c2CC(O)C(=O)N3)c2ccc(C(F)(F)F)cc2)c1. The van der Waals surface area contributed by atoms with Gasteiger partial charge in [-0.3, -0.25) is 9.59 Å². The van der Waals surface area contributed by atoms with Crippen molar-refractivity contribution in [3.8, 4) is 5.75 Å². The van der Waals surface area contributed by atoms with E-state index >= 15 is 0 Å². The van der Waals surface area contributed by atoms with Gasteiger partial charge < -0.3 is 20.5 Å². The number of rotatable bonds is 7. The van der Waals surface area contributed by atoms with Gasteiger partial charge in [-0.2, -0.15) is 13.2 Å². The molecule has 1 heterocycles. The van der Waals surface area contributed by atoms with Crippen LogP contribution in [0.25, 0.3) is 5.57 Å². The first-order valence-corrected chi connectivity index (χ1v) is 12.3. The van der Waals surface area contributed by atoms with Gasteiger partial charge in [0.25, 0.3) is 5.91 Å². The predicted octanol–water partition coefficient (Wildman–Crippen LogP) is 5.97. The maximum Gasteiger partial charge on any atom is 0.416 e. The fraction of sp³-hybridized carbons (Fsp3) is 0.200. The Bertz CT molecular complexity index is 1430. The molecule has 1 unspecified atom stereocenters. The van der Waals surface area contributed by atoms with Crippen LogP contribution in [-0.4, -0.2) is 29.1 Å². The molecule has 2 amide bonds. The number of benzene rings is 3. The van der Waals surface area contributed by atoms with Gasteiger partial charge in [-0.1, -0.05) is 42.5 Å². The maximum atomic E-state index is 13.1. The van der Waals surface area contributed by atoms with Gasteiger partial charge >= 0.3 is 6.18 Å². The number of aliphatic hydroxyl groups excluding tert-OH is 1. The second-order valence-electron chi connectivity index (χ2n) is 9.24. The fourth-order valence-electron chi connectivity index (χ4n) is 4.16. The first-order valence-electron chi connectivity index (χ1n) is 12.3. The van der Waals surface area contributed by atoms with Gasteiger partial charge in [0.2, 0.25) is 5.91 Å². The summed E-state index contributed by atoms with van der Waals surface area (Å²) in [5.74, 6) is -0.366. The lowest BCUT2D eigenvalue weighted by Gasteiger charge is -2.23. The number of ether oxygens (including phenoxy) is 1. The third-order valence-electron chi connectivity index (χ3n) is 5.94. The summed E-state index contributed by atoms with van der Waals surface area (Å²) in [5, 5.41) is 15.3. The van der Waals surface area contributed by atoms with Gasteiger partial charge in [-0.05, 0) is 66.9 Å². The lowest BCUT2D eigenvalue weighted by atomic mass is 9.96. The molecule has 4 rings (SSSR count). The summed E-state index contributed by atoms with van der Waals surface area (Å²) >= 11 is 0. The minimum atomic E-state index is -4.46. The number of halogens is 3. The summed E-state index contributed by atoms with van der Waals surface area (Å²) < 4.78 is 45.1. The first-order chi connectivity index (χ1) is 18.5. The molecule has 1 aliphatic rings. The van der Waals surface area contributed by atoms with Crippen LogP contribution in [0.15, 0.2) is 85.0 Å². The maximum absolute atomic E-state index is 13.1. The molecule has 9 heteroatoms. The third kappa shape index (κ3) is 6.94. The molecule has 202 valence electrons. The summed E-state index contributed by atoms with van der Waals surface area (Å²) in [6.07, 6.45) is -1.24. The van der Waals surface area contributed by atoms with Crippen molar-refractivity contribution in [3.63, 3.8) is 0 Å². The van der Waals surface area contributed by atoms with E-state index in [4.69, 9.17) is 4.74 Å². The molecular formula is C30H27F3N2O4. The molecule has 0 bridgehead atoms. The van der Waals surface area contributed by atoms with Crippen LogP contribution in [0.3, 0.4) is 0 Å². The number of hydrogen-bond acceptors (Lipinski definition) is 4. The number of alkyl halides is 3. The van der Waals surface area contributed by atoms with Gasteiger partial charge in [0.15, 0.2) is 0 Å². The van der Waals surface area contributed by atoms with Crippen LogP contribution in [0, 0.1) is 0 Å². The number of allylic oxidation sites excluding steroid dienone is 2. The molecule has 0 saturated carbocycles. The normalized spacial score (nSPS) is 15.7. The number of aliphatic hydroxyl groups is 1. The molecular weight excluding hydrogens is 509 g/mol. The highest BCUT2D eigenvalue weighted by Crippen LogP contribution is 2.33. The van der Waals surface area contributed by atoms with E-state index in [1.165, 1.54) is 24.3 Å². The van der Waals surface area contributed by atoms with Gasteiger partial charge in [0, 0.05) is 29.4 Å². The highest BCUT2D eigenvalue weighted by atomic mass is 19.4. The molecule has 1 atom stereocenters. The Balaban J connectivity index is 1.61. The second-order valence-corrected chi connectivity index (χ2v) is 9.24. The monoisotopic (exact) mass is 536 g/mol. The zero-order valence-electron chi connectivity index (χ0n) is 21.3. The van der Waals surface area contributed by atoms with Crippen LogP contribution >= 0.6 is 0 Å². The highest BCUT2D eigenvalue weighted by Gasteiger charge is 2.30. The number of fused-ring (bicyclic) bond motifs is 1. The smallest absolute Gasteiger partial charge is 0.416 e. The van der Waals surface area contributed by atoms with Crippen molar-refractivity contribution in [2.45, 2.75) is 38.7 Å². The van der Waals surface area contributed by atoms with Crippen LogP contribution in [0.2, 0.25) is 0 Å². The summed E-state index contributed by atoms with van der Waals surface area (Å²) in [7, 11) is 0. The van der Waals surface area contributed by atoms with E-state index in [1.807, 2.05) is 13.8 Å². The van der Waals surface area contributed by atoms with Crippen molar-refractivity contribution in [1.82, 2.24) is 0 Å². The Morgan fingerprint density at radius 3 is 2.49 bits per heavy atom. The number of hydrogen-bond donors (Lipinski definition) is 3. The van der Waals surface area contributed by atoms with E-state index in [1.54, 1.807) is 48.5 Å². The van der Waals surface area contributed by atoms with E-state index in [9.17, 15) is 27.9 Å². The standard InChI is InChI=1S/C30H27F3N2O4/c1-18(2)39-22-7-3-6-20(16-22)23(19-12-14-21(15-13-19)30(31,32)33)8-4-11-28(37)34-25-9-5-10-26-24(25)17-27(36)29(38)35-26/h3-16,18,27,36H,17H2,1-2H3,(H,34,37)(H,35,38)/b11-4+,23-8+. The average molecular weight is 537 g/mol. The molecule has 39 heavy (non-hydrogen) atoms. The van der Waals surface area contributed by atoms with Crippen LogP contribution in [0.1, 0.15) is 36.1 Å². The lowest BCUT2D eigenvalue weighted by Crippen LogP contribution is -2.34. The van der Waals surface area contributed by atoms with E-state index in [0.717, 1.165) is 12.1 Å². The molecule has 3 aromatic carbocycles. The molecule has 0 radical (unpaired) electrons. The van der Waals surface area contributed by atoms with Gasteiger partial charge in [-0.25, -0.2) is 0 Å². The van der Waals surface area contributed by atoms with Crippen molar-refractivity contribution < 1.29 is 32.6 Å². The molecule has 1 aliphatic heterocycles. The largest absolute Gasteiger partial charge is 0.491 e. The molecule has 6 nitrogen and oxygen atoms in total. The van der Waals surface area contributed by atoms with Crippen molar-refractivity contribution in [3.05, 3.63) is 107 Å². The van der Waals surface area contributed by atoms with Crippen molar-refractivity contribution in [1.29, 1.82) is 0 Å². The summed E-state index contributed by atoms with van der Waals surface area (Å²) in [4.78, 5) is 24.4. The lowest BCUT2D eigenvalue weighted by molar-refractivity contribution is -0.137. The van der Waals surface area contributed by atoms with Gasteiger partial charge in [0.1, 0.15) is 11.9 Å². The minimum absolute atomic E-state index is 0.0636. The summed E-state index contributed by atoms with van der Waals surface area (Å²) in [6.45, 7) is 3.78. The zero-order chi connectivity index (χ0) is 28.2. The van der Waals surface area contributed by atoms with E-state index in [-0.39, 0.29) is 12.5 Å². The summed E-state index contributed by atoms with van der Waals surface area (Å²) in [6, 6.07) is 17.0. The van der Waals surface area contributed by atoms with Crippen LogP contribution in [-0.2, 0) is 22.2 Å². The second kappa shape index (κ2) is 11.6. The van der Waals surface area contributed by atoms with Crippen molar-refractivity contribution in [2.75, 3.05) is 10.6 Å². The fourth-order valence-corrected chi connectivity index (χ4v) is 4.16. The quantitative estimate of drug-likeness (QED) is 0.256. The molecule has 0 fully saturated rings. The number of carbonyl (C=O) groups excluding carboxylic acids is 2. The Morgan fingerprint density at radius 1 is 1.08 bits per heavy atom. The Kier molecular flexibility index (Phi) is 8.21. The Hall–Kier alpha value is -4.37. The minimum Gasteiger partial charge on any atom is -0.491 e. The van der Waals surface area contributed by atoms with Crippen LogP contribution < -0.4 is 15.4 Å². The van der Waals surface area contributed by atoms with Crippen molar-refractivity contribution in [2.24, 2.45) is 0 Å². The number of nitrogens with one attached hydrogen (secondary N) is 2. The highest BCUT2D eigenvalue weighted by molar-refractivity contribution is 6.03. The molecule has 0 aliphatic carbocycles. The molecule has 3 N–H and O–H groups in total. The Labute approximate surface area is 223 Å². The molecule has 0 saturated heterocycles. The molecule has 0 aromatic heterocycles. The topological polar surface area (TPSA) is 87.7 Å². The third-order valence-corrected chi connectivity index (χ3v) is 5.94. The average Bonchev–Trinajstić information content (AvgIpc) is 2.87. The molecule has 0 spiro atoms. The molecule has 3 aromatic rings. The number of anilines is 2. The van der Waals surface area contributed by atoms with E-state index in [2.05, 4.69) is 10.6 Å². The van der Waals surface area contributed by atoms with E-state index < -0.39 is 29.7 Å². The van der Waals surface area contributed by atoms with Gasteiger partial charge in [0.05, 0.1) is 11.7 Å². The van der Waals surface area contributed by atoms with E-state index in [0.29, 0.717) is 39.4 Å².